The van der Waals surface area contributed by atoms with Crippen LogP contribution in [0.4, 0.5) is 4.39 Å². The number of fused-ring (bicyclic) bond motifs is 1. The predicted octanol–water partition coefficient (Wildman–Crippen LogP) is 2.23. The van der Waals surface area contributed by atoms with E-state index in [1.165, 1.54) is 30.6 Å². The monoisotopic (exact) mass is 278 g/mol. The van der Waals surface area contributed by atoms with Crippen LogP contribution in [0.15, 0.2) is 63.9 Å². The lowest BCUT2D eigenvalue weighted by molar-refractivity contribution is 0.525. The van der Waals surface area contributed by atoms with Crippen molar-refractivity contribution >= 4 is 16.4 Å². The smallest absolute Gasteiger partial charge is 0.264 e. The number of allylic oxidation sites excluding steroid dienone is 2. The maximum absolute atomic E-state index is 13.1. The molecule has 1 aromatic rings. The number of rotatable bonds is 2. The fourth-order valence-corrected chi connectivity index (χ4v) is 3.47. The first-order chi connectivity index (χ1) is 9.09. The summed E-state index contributed by atoms with van der Waals surface area (Å²) < 4.78 is 39.2. The molecule has 0 saturated carbocycles. The Bertz CT molecular complexity index is 693. The van der Waals surface area contributed by atoms with Crippen LogP contribution in [0.25, 0.3) is 0 Å². The van der Waals surface area contributed by atoms with Crippen molar-refractivity contribution < 1.29 is 12.8 Å². The van der Waals surface area contributed by atoms with Gasteiger partial charge in [0.1, 0.15) is 12.2 Å². The Hall–Kier alpha value is -1.95. The molecule has 1 atom stereocenters. The van der Waals surface area contributed by atoms with Gasteiger partial charge in [0.05, 0.1) is 16.6 Å². The van der Waals surface area contributed by atoms with Crippen molar-refractivity contribution in [1.29, 1.82) is 0 Å². The molecule has 6 heteroatoms. The van der Waals surface area contributed by atoms with Gasteiger partial charge in [0.15, 0.2) is 0 Å². The van der Waals surface area contributed by atoms with E-state index in [0.717, 1.165) is 4.31 Å². The molecule has 19 heavy (non-hydrogen) atoms. The van der Waals surface area contributed by atoms with Crippen LogP contribution in [0, 0.1) is 0 Å². The molecule has 0 unspecified atom stereocenters. The summed E-state index contributed by atoms with van der Waals surface area (Å²) in [6.45, 7) is 0. The molecule has 1 aliphatic carbocycles. The number of halogens is 1. The Morgan fingerprint density at radius 1 is 1.21 bits per heavy atom. The van der Waals surface area contributed by atoms with Gasteiger partial charge in [-0.3, -0.25) is 4.99 Å². The summed E-state index contributed by atoms with van der Waals surface area (Å²) in [5.41, 5.74) is 0.491. The van der Waals surface area contributed by atoms with Crippen LogP contribution in [-0.2, 0) is 10.0 Å². The van der Waals surface area contributed by atoms with Crippen LogP contribution in [0.1, 0.15) is 6.42 Å². The normalized spacial score (nSPS) is 21.9. The number of nitrogens with zero attached hydrogens (tertiary/aromatic N) is 2. The molecule has 3 rings (SSSR count). The van der Waals surface area contributed by atoms with E-state index >= 15 is 0 Å². The predicted molar refractivity (Wildman–Crippen MR) is 69.6 cm³/mol. The summed E-state index contributed by atoms with van der Waals surface area (Å²) in [6, 6.07) is 7.67. The second kappa shape index (κ2) is 4.31. The third-order valence-electron chi connectivity index (χ3n) is 3.07. The zero-order valence-corrected chi connectivity index (χ0v) is 10.7. The van der Waals surface area contributed by atoms with Crippen molar-refractivity contribution in [3.63, 3.8) is 0 Å². The molecule has 0 spiro atoms. The minimum Gasteiger partial charge on any atom is -0.264 e. The minimum absolute atomic E-state index is 0.114. The van der Waals surface area contributed by atoms with Gasteiger partial charge in [0.2, 0.25) is 0 Å². The van der Waals surface area contributed by atoms with Gasteiger partial charge in [0, 0.05) is 6.42 Å². The second-order valence-electron chi connectivity index (χ2n) is 4.30. The summed E-state index contributed by atoms with van der Waals surface area (Å²) in [7, 11) is -3.66. The first kappa shape index (κ1) is 12.1. The molecule has 1 aliphatic heterocycles. The quantitative estimate of drug-likeness (QED) is 0.833. The number of sulfonamides is 1. The lowest BCUT2D eigenvalue weighted by Crippen LogP contribution is -2.29. The van der Waals surface area contributed by atoms with Crippen LogP contribution in [0.2, 0.25) is 0 Å². The van der Waals surface area contributed by atoms with Crippen LogP contribution in [-0.4, -0.2) is 25.1 Å². The maximum atomic E-state index is 13.1. The van der Waals surface area contributed by atoms with Crippen LogP contribution in [0.3, 0.4) is 0 Å². The lowest BCUT2D eigenvalue weighted by Gasteiger charge is -2.21. The Kier molecular flexibility index (Phi) is 2.74. The van der Waals surface area contributed by atoms with E-state index in [0.29, 0.717) is 5.70 Å². The van der Waals surface area contributed by atoms with Gasteiger partial charge in [-0.25, -0.2) is 17.1 Å². The third-order valence-corrected chi connectivity index (χ3v) is 4.76. The van der Waals surface area contributed by atoms with E-state index in [1.807, 2.05) is 0 Å². The molecule has 0 saturated heterocycles. The maximum Gasteiger partial charge on any atom is 0.269 e. The van der Waals surface area contributed by atoms with Crippen LogP contribution < -0.4 is 0 Å². The Labute approximate surface area is 110 Å². The van der Waals surface area contributed by atoms with E-state index < -0.39 is 16.1 Å². The van der Waals surface area contributed by atoms with Gasteiger partial charge < -0.3 is 0 Å². The van der Waals surface area contributed by atoms with E-state index in [9.17, 15) is 12.8 Å². The van der Waals surface area contributed by atoms with Crippen molar-refractivity contribution in [1.82, 2.24) is 4.31 Å². The second-order valence-corrected chi connectivity index (χ2v) is 6.12. The van der Waals surface area contributed by atoms with Crippen molar-refractivity contribution in [2.24, 2.45) is 4.99 Å². The zero-order chi connectivity index (χ0) is 13.5. The number of aliphatic imine (C=N–C) groups is 1. The van der Waals surface area contributed by atoms with Gasteiger partial charge >= 0.3 is 0 Å². The molecule has 98 valence electrons. The summed E-state index contributed by atoms with van der Waals surface area (Å²) in [5.74, 6) is -0.287. The number of hydrogen-bond acceptors (Lipinski definition) is 3. The van der Waals surface area contributed by atoms with Crippen LogP contribution in [0.5, 0.6) is 0 Å². The average molecular weight is 278 g/mol. The molecular formula is C13H11FN2O2S. The highest BCUT2D eigenvalue weighted by Crippen LogP contribution is 2.32. The SMILES string of the molecule is O=S(=O)(c1ccccc1)N1C=N[C@@H]2CC(F)=CC=C21. The first-order valence-corrected chi connectivity index (χ1v) is 7.22. The van der Waals surface area contributed by atoms with E-state index in [2.05, 4.69) is 4.99 Å². The molecule has 1 heterocycles. The molecule has 0 amide bonds. The Morgan fingerprint density at radius 3 is 2.68 bits per heavy atom. The highest BCUT2D eigenvalue weighted by atomic mass is 32.2. The first-order valence-electron chi connectivity index (χ1n) is 5.78. The molecule has 0 bridgehead atoms. The number of hydrogen-bond donors (Lipinski definition) is 0. The van der Waals surface area contributed by atoms with Gasteiger partial charge in [-0.2, -0.15) is 0 Å². The van der Waals surface area contributed by atoms with Crippen LogP contribution >= 0.6 is 0 Å². The van der Waals surface area contributed by atoms with Gasteiger partial charge in [0.25, 0.3) is 10.0 Å². The summed E-state index contributed by atoms with van der Waals surface area (Å²) >= 11 is 0. The average Bonchev–Trinajstić information content (AvgIpc) is 2.83. The summed E-state index contributed by atoms with van der Waals surface area (Å²) in [5, 5.41) is 0. The molecule has 4 nitrogen and oxygen atoms in total. The molecule has 0 aromatic heterocycles. The molecule has 0 fully saturated rings. The highest BCUT2D eigenvalue weighted by Gasteiger charge is 2.35. The largest absolute Gasteiger partial charge is 0.269 e. The van der Waals surface area contributed by atoms with Gasteiger partial charge in [-0.15, -0.1) is 0 Å². The molecule has 0 radical (unpaired) electrons. The van der Waals surface area contributed by atoms with Crippen molar-refractivity contribution in [3.05, 3.63) is 54.0 Å². The third kappa shape index (κ3) is 1.98. The standard InChI is InChI=1S/C13H11FN2O2S/c14-10-6-7-13-12(8-10)15-9-16(13)19(17,18)11-4-2-1-3-5-11/h1-7,9,12H,8H2/t12-/m1/s1. The van der Waals surface area contributed by atoms with E-state index in [4.69, 9.17) is 0 Å². The fraction of sp³-hybridized carbons (Fsp3) is 0.154. The highest BCUT2D eigenvalue weighted by molar-refractivity contribution is 7.89. The zero-order valence-electron chi connectivity index (χ0n) is 9.90. The number of benzene rings is 1. The summed E-state index contributed by atoms with van der Waals surface area (Å²) in [6.07, 6.45) is 4.12. The molecule has 0 N–H and O–H groups in total. The van der Waals surface area contributed by atoms with Crippen molar-refractivity contribution in [2.75, 3.05) is 0 Å². The lowest BCUT2D eigenvalue weighted by atomic mass is 10.1. The Balaban J connectivity index is 2.02. The molecule has 1 aromatic carbocycles. The topological polar surface area (TPSA) is 49.7 Å². The van der Waals surface area contributed by atoms with Crippen molar-refractivity contribution in [3.8, 4) is 0 Å². The molecule has 2 aliphatic rings. The van der Waals surface area contributed by atoms with Gasteiger partial charge in [-0.05, 0) is 24.3 Å². The summed E-state index contributed by atoms with van der Waals surface area (Å²) in [4.78, 5) is 4.25. The fourth-order valence-electron chi connectivity index (χ4n) is 2.11. The van der Waals surface area contributed by atoms with Gasteiger partial charge in [-0.1, -0.05) is 18.2 Å². The minimum atomic E-state index is -3.66. The Morgan fingerprint density at radius 2 is 1.95 bits per heavy atom. The van der Waals surface area contributed by atoms with Crippen molar-refractivity contribution in [2.45, 2.75) is 17.4 Å². The van der Waals surface area contributed by atoms with E-state index in [-0.39, 0.29) is 17.1 Å². The molecular weight excluding hydrogens is 267 g/mol. The van der Waals surface area contributed by atoms with E-state index in [1.54, 1.807) is 18.2 Å².